The van der Waals surface area contributed by atoms with Crippen molar-refractivity contribution in [3.05, 3.63) is 29.8 Å². The molecule has 2 rings (SSSR count). The van der Waals surface area contributed by atoms with Crippen LogP contribution in [-0.2, 0) is 9.53 Å². The second kappa shape index (κ2) is 3.34. The fourth-order valence-electron chi connectivity index (χ4n) is 1.38. The van der Waals surface area contributed by atoms with Crippen LogP contribution in [0.25, 0.3) is 0 Å². The van der Waals surface area contributed by atoms with E-state index in [1.54, 1.807) is 18.2 Å². The number of esters is 1. The zero-order valence-electron chi connectivity index (χ0n) is 7.82. The molecular formula is C10H7FO3S. The maximum Gasteiger partial charge on any atom is 0.363 e. The highest BCUT2D eigenvalue weighted by molar-refractivity contribution is 8.02. The van der Waals surface area contributed by atoms with Crippen LogP contribution >= 0.6 is 11.8 Å². The number of thioether (sulfide) groups is 1. The van der Waals surface area contributed by atoms with Gasteiger partial charge in [0.25, 0.3) is 0 Å². The Labute approximate surface area is 89.6 Å². The van der Waals surface area contributed by atoms with E-state index in [0.717, 1.165) is 7.11 Å². The Morgan fingerprint density at radius 2 is 2.13 bits per heavy atom. The molecule has 0 saturated carbocycles. The zero-order valence-corrected chi connectivity index (χ0v) is 8.64. The van der Waals surface area contributed by atoms with E-state index < -0.39 is 16.8 Å². The number of alkyl halides is 1. The van der Waals surface area contributed by atoms with Crippen molar-refractivity contribution in [2.45, 2.75) is 9.90 Å². The standard InChI is InChI=1S/C10H7FO3S/c1-14-9(13)10(11)8(12)6-4-2-3-5-7(6)15-10/h2-5H,1H3/t10-/m1/s1. The van der Waals surface area contributed by atoms with Gasteiger partial charge in [-0.05, 0) is 6.07 Å². The van der Waals surface area contributed by atoms with Gasteiger partial charge >= 0.3 is 11.0 Å². The molecule has 0 amide bonds. The van der Waals surface area contributed by atoms with Crippen LogP contribution in [0.2, 0.25) is 0 Å². The molecule has 3 nitrogen and oxygen atoms in total. The molecule has 15 heavy (non-hydrogen) atoms. The number of halogens is 1. The van der Waals surface area contributed by atoms with E-state index >= 15 is 0 Å². The van der Waals surface area contributed by atoms with Gasteiger partial charge in [0.15, 0.2) is 0 Å². The molecule has 1 aromatic rings. The molecule has 5 heteroatoms. The third kappa shape index (κ3) is 1.34. The first-order valence-corrected chi connectivity index (χ1v) is 5.01. The lowest BCUT2D eigenvalue weighted by molar-refractivity contribution is -0.146. The van der Waals surface area contributed by atoms with Crippen molar-refractivity contribution in [3.63, 3.8) is 0 Å². The number of rotatable bonds is 1. The molecule has 1 aliphatic rings. The molecule has 0 fully saturated rings. The summed E-state index contributed by atoms with van der Waals surface area (Å²) < 4.78 is 18.3. The Morgan fingerprint density at radius 1 is 1.47 bits per heavy atom. The molecule has 0 bridgehead atoms. The zero-order chi connectivity index (χ0) is 11.1. The predicted octanol–water partition coefficient (Wildman–Crippen LogP) is 1.81. The van der Waals surface area contributed by atoms with Crippen LogP contribution in [-0.4, -0.2) is 23.9 Å². The van der Waals surface area contributed by atoms with E-state index in [1.165, 1.54) is 6.07 Å². The van der Waals surface area contributed by atoms with Gasteiger partial charge < -0.3 is 4.74 Å². The van der Waals surface area contributed by atoms with Gasteiger partial charge in [0, 0.05) is 10.5 Å². The van der Waals surface area contributed by atoms with Gasteiger partial charge in [0.2, 0.25) is 5.78 Å². The Morgan fingerprint density at radius 3 is 2.73 bits per heavy atom. The minimum Gasteiger partial charge on any atom is -0.466 e. The van der Waals surface area contributed by atoms with Gasteiger partial charge in [-0.15, -0.1) is 0 Å². The maximum absolute atomic E-state index is 14.0. The molecule has 0 N–H and O–H groups in total. The van der Waals surface area contributed by atoms with Crippen LogP contribution in [0.1, 0.15) is 10.4 Å². The SMILES string of the molecule is COC(=O)[C@]1(F)Sc2ccccc2C1=O. The first-order chi connectivity index (χ1) is 7.09. The van der Waals surface area contributed by atoms with E-state index in [2.05, 4.69) is 4.74 Å². The van der Waals surface area contributed by atoms with Crippen LogP contribution in [0.15, 0.2) is 29.2 Å². The smallest absolute Gasteiger partial charge is 0.363 e. The molecule has 1 heterocycles. The van der Waals surface area contributed by atoms with Crippen LogP contribution in [0.5, 0.6) is 0 Å². The van der Waals surface area contributed by atoms with Crippen molar-refractivity contribution in [3.8, 4) is 0 Å². The molecule has 0 spiro atoms. The molecular weight excluding hydrogens is 219 g/mol. The van der Waals surface area contributed by atoms with Crippen molar-refractivity contribution in [2.75, 3.05) is 7.11 Å². The average molecular weight is 226 g/mol. The van der Waals surface area contributed by atoms with E-state index in [9.17, 15) is 14.0 Å². The van der Waals surface area contributed by atoms with Crippen LogP contribution in [0.3, 0.4) is 0 Å². The molecule has 0 saturated heterocycles. The van der Waals surface area contributed by atoms with Crippen molar-refractivity contribution in [1.82, 2.24) is 0 Å². The number of benzene rings is 1. The summed E-state index contributed by atoms with van der Waals surface area (Å²) in [6.45, 7) is 0. The first-order valence-electron chi connectivity index (χ1n) is 4.20. The second-order valence-corrected chi connectivity index (χ2v) is 4.22. The lowest BCUT2D eigenvalue weighted by Gasteiger charge is -2.12. The largest absolute Gasteiger partial charge is 0.466 e. The summed E-state index contributed by atoms with van der Waals surface area (Å²) in [6.07, 6.45) is 0. The minimum absolute atomic E-state index is 0.232. The maximum atomic E-state index is 14.0. The Balaban J connectivity index is 2.47. The van der Waals surface area contributed by atoms with Gasteiger partial charge in [-0.2, -0.15) is 0 Å². The van der Waals surface area contributed by atoms with E-state index in [0.29, 0.717) is 16.7 Å². The van der Waals surface area contributed by atoms with Crippen molar-refractivity contribution in [1.29, 1.82) is 0 Å². The number of methoxy groups -OCH3 is 1. The van der Waals surface area contributed by atoms with E-state index in [1.807, 2.05) is 0 Å². The van der Waals surface area contributed by atoms with Crippen LogP contribution < -0.4 is 0 Å². The van der Waals surface area contributed by atoms with Gasteiger partial charge in [-0.3, -0.25) is 4.79 Å². The molecule has 0 radical (unpaired) electrons. The number of carbonyl (C=O) groups excluding carboxylic acids is 2. The number of hydrogen-bond donors (Lipinski definition) is 0. The summed E-state index contributed by atoms with van der Waals surface area (Å²) in [5.74, 6) is -2.00. The molecule has 0 aromatic heterocycles. The van der Waals surface area contributed by atoms with Crippen LogP contribution in [0, 0.1) is 0 Å². The fourth-order valence-corrected chi connectivity index (χ4v) is 2.47. The number of ether oxygens (including phenoxy) is 1. The predicted molar refractivity (Wildman–Crippen MR) is 52.5 cm³/mol. The Hall–Kier alpha value is -1.36. The van der Waals surface area contributed by atoms with Crippen LogP contribution in [0.4, 0.5) is 4.39 Å². The topological polar surface area (TPSA) is 43.4 Å². The molecule has 0 unspecified atom stereocenters. The van der Waals surface area contributed by atoms with Gasteiger partial charge in [-0.25, -0.2) is 9.18 Å². The van der Waals surface area contributed by atoms with Crippen molar-refractivity contribution < 1.29 is 18.7 Å². The van der Waals surface area contributed by atoms with Crippen molar-refractivity contribution >= 4 is 23.5 Å². The summed E-state index contributed by atoms with van der Waals surface area (Å²) in [6, 6.07) is 6.40. The normalized spacial score (nSPS) is 23.7. The highest BCUT2D eigenvalue weighted by Gasteiger charge is 2.54. The van der Waals surface area contributed by atoms with E-state index in [4.69, 9.17) is 0 Å². The monoisotopic (exact) mass is 226 g/mol. The summed E-state index contributed by atoms with van der Waals surface area (Å²) >= 11 is 0.589. The Kier molecular flexibility index (Phi) is 2.26. The summed E-state index contributed by atoms with van der Waals surface area (Å²) in [4.78, 5) is 23.3. The first kappa shape index (κ1) is 10.2. The third-order valence-electron chi connectivity index (χ3n) is 2.12. The highest BCUT2D eigenvalue weighted by Crippen LogP contribution is 2.46. The molecule has 0 aliphatic carbocycles. The molecule has 1 aromatic carbocycles. The molecule has 78 valence electrons. The summed E-state index contributed by atoms with van der Waals surface area (Å²) in [7, 11) is 1.06. The Bertz CT molecular complexity index is 446. The fraction of sp³-hybridized carbons (Fsp3) is 0.200. The lowest BCUT2D eigenvalue weighted by Crippen LogP contribution is -2.36. The number of fused-ring (bicyclic) bond motifs is 1. The van der Waals surface area contributed by atoms with E-state index in [-0.39, 0.29) is 5.56 Å². The number of carbonyl (C=O) groups is 2. The number of Topliss-reactive ketones (excluding diaryl/α,β-unsaturated/α-hetero) is 1. The quantitative estimate of drug-likeness (QED) is 0.541. The van der Waals surface area contributed by atoms with Crippen molar-refractivity contribution in [2.24, 2.45) is 0 Å². The highest BCUT2D eigenvalue weighted by atomic mass is 32.2. The molecule has 1 atom stereocenters. The average Bonchev–Trinajstić information content (AvgIpc) is 2.52. The summed E-state index contributed by atoms with van der Waals surface area (Å²) in [5.41, 5.74) is 0.232. The van der Waals surface area contributed by atoms with Gasteiger partial charge in [-0.1, -0.05) is 30.0 Å². The minimum atomic E-state index is -2.61. The third-order valence-corrected chi connectivity index (χ3v) is 3.33. The van der Waals surface area contributed by atoms with Gasteiger partial charge in [0.1, 0.15) is 0 Å². The second-order valence-electron chi connectivity index (χ2n) is 3.01. The van der Waals surface area contributed by atoms with Gasteiger partial charge in [0.05, 0.1) is 7.11 Å². The lowest BCUT2D eigenvalue weighted by atomic mass is 10.1. The number of ketones is 1. The number of hydrogen-bond acceptors (Lipinski definition) is 4. The summed E-state index contributed by atoms with van der Waals surface area (Å²) in [5, 5.41) is -2.61. The molecule has 1 aliphatic heterocycles.